The number of esters is 1. The number of allylic oxidation sites excluding steroid dienone is 1. The minimum absolute atomic E-state index is 0.103. The highest BCUT2D eigenvalue weighted by atomic mass is 16.6. The van der Waals surface area contributed by atoms with Crippen molar-refractivity contribution < 1.29 is 23.8 Å². The molecule has 0 aliphatic heterocycles. The molecule has 0 saturated carbocycles. The lowest BCUT2D eigenvalue weighted by Crippen LogP contribution is -2.08. The Balaban J connectivity index is 4.25. The largest absolute Gasteiger partial charge is 0.498 e. The molecule has 0 aliphatic carbocycles. The molecular weight excluding hydrogens is 176 g/mol. The molecule has 0 atom stereocenters. The number of carbonyl (C=O) groups is 2. The minimum Gasteiger partial charge on any atom is -0.498 e. The summed E-state index contributed by atoms with van der Waals surface area (Å²) in [6.07, 6.45) is 0. The van der Waals surface area contributed by atoms with Gasteiger partial charge in [-0.05, 0) is 6.92 Å². The van der Waals surface area contributed by atoms with Crippen LogP contribution < -0.4 is 0 Å². The summed E-state index contributed by atoms with van der Waals surface area (Å²) >= 11 is 0. The van der Waals surface area contributed by atoms with Gasteiger partial charge in [0.05, 0.1) is 7.11 Å². The lowest BCUT2D eigenvalue weighted by Gasteiger charge is -2.08. The maximum absolute atomic E-state index is 10.4. The van der Waals surface area contributed by atoms with E-state index in [1.165, 1.54) is 14.0 Å². The van der Waals surface area contributed by atoms with Gasteiger partial charge in [-0.1, -0.05) is 0 Å². The van der Waals surface area contributed by atoms with Crippen LogP contribution in [0.1, 0.15) is 13.8 Å². The molecule has 0 bridgehead atoms. The van der Waals surface area contributed by atoms with Crippen LogP contribution in [0.5, 0.6) is 0 Å². The van der Waals surface area contributed by atoms with Crippen LogP contribution >= 0.6 is 0 Å². The van der Waals surface area contributed by atoms with Gasteiger partial charge in [0, 0.05) is 6.92 Å². The second kappa shape index (κ2) is 6.05. The fraction of sp³-hybridized carbons (Fsp3) is 0.500. The lowest BCUT2D eigenvalue weighted by atomic mass is 10.4. The van der Waals surface area contributed by atoms with E-state index in [0.717, 1.165) is 0 Å². The van der Waals surface area contributed by atoms with Gasteiger partial charge in [-0.2, -0.15) is 0 Å². The fourth-order valence-electron chi connectivity index (χ4n) is 0.558. The van der Waals surface area contributed by atoms with E-state index in [2.05, 4.69) is 9.47 Å². The molecule has 0 aromatic carbocycles. The second-order valence-electron chi connectivity index (χ2n) is 2.18. The molecule has 13 heavy (non-hydrogen) atoms. The zero-order chi connectivity index (χ0) is 10.3. The molecule has 0 aromatic heterocycles. The molecule has 0 N–H and O–H groups in total. The van der Waals surface area contributed by atoms with Gasteiger partial charge in [-0.25, -0.2) is 0 Å². The minimum atomic E-state index is -0.448. The van der Waals surface area contributed by atoms with Gasteiger partial charge in [-0.15, -0.1) is 0 Å². The van der Waals surface area contributed by atoms with Gasteiger partial charge < -0.3 is 14.2 Å². The molecule has 0 aliphatic rings. The number of hydrogen-bond donors (Lipinski definition) is 0. The monoisotopic (exact) mass is 188 g/mol. The summed E-state index contributed by atoms with van der Waals surface area (Å²) in [5.74, 6) is 0.136. The molecule has 0 rings (SSSR count). The summed E-state index contributed by atoms with van der Waals surface area (Å²) < 4.78 is 14.0. The van der Waals surface area contributed by atoms with E-state index < -0.39 is 5.97 Å². The van der Waals surface area contributed by atoms with E-state index >= 15 is 0 Å². The summed E-state index contributed by atoms with van der Waals surface area (Å²) in [7, 11) is 1.43. The van der Waals surface area contributed by atoms with Crippen LogP contribution in [-0.2, 0) is 23.8 Å². The molecular formula is C8H12O5. The van der Waals surface area contributed by atoms with Crippen molar-refractivity contribution in [2.24, 2.45) is 0 Å². The van der Waals surface area contributed by atoms with E-state index in [1.54, 1.807) is 6.92 Å². The van der Waals surface area contributed by atoms with Gasteiger partial charge in [0.25, 0.3) is 6.47 Å². The quantitative estimate of drug-likeness (QED) is 0.359. The van der Waals surface area contributed by atoms with Crippen LogP contribution in [0.3, 0.4) is 0 Å². The van der Waals surface area contributed by atoms with Gasteiger partial charge in [0.1, 0.15) is 5.76 Å². The Morgan fingerprint density at radius 2 is 2.00 bits per heavy atom. The van der Waals surface area contributed by atoms with Crippen LogP contribution in [0.4, 0.5) is 0 Å². The van der Waals surface area contributed by atoms with Crippen molar-refractivity contribution in [1.29, 1.82) is 0 Å². The molecule has 0 heterocycles. The molecule has 0 aromatic rings. The third-order valence-corrected chi connectivity index (χ3v) is 1.30. The van der Waals surface area contributed by atoms with Crippen LogP contribution in [0.25, 0.3) is 0 Å². The van der Waals surface area contributed by atoms with Crippen molar-refractivity contribution in [3.8, 4) is 0 Å². The number of hydrogen-bond acceptors (Lipinski definition) is 5. The first-order valence-corrected chi connectivity index (χ1v) is 3.59. The summed E-state index contributed by atoms with van der Waals surface area (Å²) in [5, 5.41) is 0. The van der Waals surface area contributed by atoms with Gasteiger partial charge in [0.2, 0.25) is 0 Å². The third kappa shape index (κ3) is 4.84. The highest BCUT2D eigenvalue weighted by Gasteiger charge is 2.06. The molecule has 5 heteroatoms. The van der Waals surface area contributed by atoms with Crippen molar-refractivity contribution in [1.82, 2.24) is 0 Å². The van der Waals surface area contributed by atoms with Crippen LogP contribution in [0, 0.1) is 0 Å². The topological polar surface area (TPSA) is 61.8 Å². The number of carbonyl (C=O) groups excluding carboxylic acids is 2. The predicted molar refractivity (Wildman–Crippen MR) is 43.5 cm³/mol. The second-order valence-corrected chi connectivity index (χ2v) is 2.18. The molecule has 0 fully saturated rings. The molecule has 0 spiro atoms. The van der Waals surface area contributed by atoms with E-state index in [0.29, 0.717) is 5.76 Å². The summed E-state index contributed by atoms with van der Waals surface area (Å²) in [6.45, 7) is 3.01. The van der Waals surface area contributed by atoms with Crippen molar-refractivity contribution in [2.45, 2.75) is 13.8 Å². The zero-order valence-electron chi connectivity index (χ0n) is 7.83. The standard InChI is InChI=1S/C8H12O5/c1-6(11-3)8(13-5-9)4-12-7(2)10/h5H,4H2,1-3H3/b8-6-. The third-order valence-electron chi connectivity index (χ3n) is 1.30. The number of ether oxygens (including phenoxy) is 3. The van der Waals surface area contributed by atoms with E-state index in [4.69, 9.17) is 4.74 Å². The van der Waals surface area contributed by atoms with Crippen molar-refractivity contribution in [3.05, 3.63) is 11.5 Å². The Kier molecular flexibility index (Phi) is 5.34. The average molecular weight is 188 g/mol. The van der Waals surface area contributed by atoms with Crippen molar-refractivity contribution in [2.75, 3.05) is 13.7 Å². The molecule has 0 radical (unpaired) electrons. The van der Waals surface area contributed by atoms with Gasteiger partial charge in [0.15, 0.2) is 12.4 Å². The Morgan fingerprint density at radius 1 is 1.38 bits per heavy atom. The molecule has 0 unspecified atom stereocenters. The van der Waals surface area contributed by atoms with E-state index in [-0.39, 0.29) is 18.8 Å². The first kappa shape index (κ1) is 11.5. The maximum atomic E-state index is 10.4. The fourth-order valence-corrected chi connectivity index (χ4v) is 0.558. The normalized spacial score (nSPS) is 11.3. The number of rotatable bonds is 5. The van der Waals surface area contributed by atoms with Crippen molar-refractivity contribution in [3.63, 3.8) is 0 Å². The smallest absolute Gasteiger partial charge is 0.303 e. The Bertz CT molecular complexity index is 219. The first-order chi connectivity index (χ1) is 6.11. The molecule has 0 amide bonds. The Labute approximate surface area is 76.3 Å². The average Bonchev–Trinajstić information content (AvgIpc) is 2.10. The molecule has 0 saturated heterocycles. The Hall–Kier alpha value is -1.52. The first-order valence-electron chi connectivity index (χ1n) is 3.59. The van der Waals surface area contributed by atoms with Crippen LogP contribution in [0.2, 0.25) is 0 Å². The number of methoxy groups -OCH3 is 1. The summed E-state index contributed by atoms with van der Waals surface area (Å²) in [5.41, 5.74) is 0. The lowest BCUT2D eigenvalue weighted by molar-refractivity contribution is -0.142. The summed E-state index contributed by atoms with van der Waals surface area (Å²) in [4.78, 5) is 20.5. The van der Waals surface area contributed by atoms with Gasteiger partial charge >= 0.3 is 5.97 Å². The molecule has 5 nitrogen and oxygen atoms in total. The SMILES string of the molecule is CO/C(C)=C(/COC(C)=O)OC=O. The predicted octanol–water partition coefficient (Wildman–Crippen LogP) is 0.600. The van der Waals surface area contributed by atoms with E-state index in [9.17, 15) is 9.59 Å². The van der Waals surface area contributed by atoms with Crippen molar-refractivity contribution >= 4 is 12.4 Å². The zero-order valence-corrected chi connectivity index (χ0v) is 7.83. The maximum Gasteiger partial charge on any atom is 0.303 e. The Morgan fingerprint density at radius 3 is 2.38 bits per heavy atom. The van der Waals surface area contributed by atoms with Crippen LogP contribution in [0.15, 0.2) is 11.5 Å². The highest BCUT2D eigenvalue weighted by Crippen LogP contribution is 2.05. The highest BCUT2D eigenvalue weighted by molar-refractivity contribution is 5.66. The van der Waals surface area contributed by atoms with Crippen LogP contribution in [-0.4, -0.2) is 26.2 Å². The summed E-state index contributed by atoms with van der Waals surface area (Å²) in [6, 6.07) is 0. The molecule has 74 valence electrons. The van der Waals surface area contributed by atoms with Gasteiger partial charge in [-0.3, -0.25) is 9.59 Å². The van der Waals surface area contributed by atoms with E-state index in [1.807, 2.05) is 0 Å².